The van der Waals surface area contributed by atoms with Crippen molar-refractivity contribution in [1.82, 2.24) is 10.6 Å². The third-order valence-corrected chi connectivity index (χ3v) is 3.68. The van der Waals surface area contributed by atoms with Gasteiger partial charge in [0.15, 0.2) is 0 Å². The molecule has 1 fully saturated rings. The first-order valence-corrected chi connectivity index (χ1v) is 7.80. The van der Waals surface area contributed by atoms with Gasteiger partial charge in [0.05, 0.1) is 0 Å². The first-order chi connectivity index (χ1) is 9.07. The van der Waals surface area contributed by atoms with E-state index in [2.05, 4.69) is 24.5 Å². The molecular weight excluding hydrogens is 252 g/mol. The second-order valence-electron chi connectivity index (χ2n) is 7.91. The maximum absolute atomic E-state index is 11.7. The number of alkyl carbamates (subject to hydrolysis) is 1. The first-order valence-electron chi connectivity index (χ1n) is 7.80. The summed E-state index contributed by atoms with van der Waals surface area (Å²) in [5.74, 6) is 0. The van der Waals surface area contributed by atoms with Crippen molar-refractivity contribution in [1.29, 1.82) is 0 Å². The molecule has 1 saturated carbocycles. The molecule has 118 valence electrons. The number of nitrogens with one attached hydrogen (secondary N) is 2. The quantitative estimate of drug-likeness (QED) is 0.831. The molecule has 0 aromatic carbocycles. The summed E-state index contributed by atoms with van der Waals surface area (Å²) in [6, 6.07) is 0.650. The van der Waals surface area contributed by atoms with E-state index in [0.717, 1.165) is 6.54 Å². The predicted molar refractivity (Wildman–Crippen MR) is 82.9 cm³/mol. The van der Waals surface area contributed by atoms with Crippen LogP contribution in [0.25, 0.3) is 0 Å². The van der Waals surface area contributed by atoms with Gasteiger partial charge in [-0.05, 0) is 52.4 Å². The molecule has 1 amide bonds. The largest absolute Gasteiger partial charge is 0.444 e. The Bertz CT molecular complexity index is 321. The summed E-state index contributed by atoms with van der Waals surface area (Å²) in [6.45, 7) is 13.1. The Balaban J connectivity index is 2.26. The Kier molecular flexibility index (Phi) is 5.87. The normalized spacial score (nSPS) is 24.0. The van der Waals surface area contributed by atoms with Crippen molar-refractivity contribution in [3.05, 3.63) is 0 Å². The van der Waals surface area contributed by atoms with Gasteiger partial charge in [0.25, 0.3) is 0 Å². The Labute approximate surface area is 124 Å². The second-order valence-corrected chi connectivity index (χ2v) is 7.91. The summed E-state index contributed by atoms with van der Waals surface area (Å²) in [5, 5.41) is 6.45. The zero-order valence-electron chi connectivity index (χ0n) is 14.0. The molecule has 1 aliphatic carbocycles. The lowest BCUT2D eigenvalue weighted by Crippen LogP contribution is -2.46. The zero-order chi connectivity index (χ0) is 15.4. The van der Waals surface area contributed by atoms with E-state index in [1.54, 1.807) is 0 Å². The fourth-order valence-electron chi connectivity index (χ4n) is 2.78. The van der Waals surface area contributed by atoms with Crippen LogP contribution in [0.3, 0.4) is 0 Å². The summed E-state index contributed by atoms with van der Waals surface area (Å²) >= 11 is 0. The minimum Gasteiger partial charge on any atom is -0.444 e. The van der Waals surface area contributed by atoms with Crippen molar-refractivity contribution in [2.45, 2.75) is 84.9 Å². The van der Waals surface area contributed by atoms with Gasteiger partial charge in [0.1, 0.15) is 5.60 Å². The van der Waals surface area contributed by atoms with Gasteiger partial charge in [-0.3, -0.25) is 0 Å². The Morgan fingerprint density at radius 3 is 2.60 bits per heavy atom. The topological polar surface area (TPSA) is 50.4 Å². The number of amides is 1. The molecule has 1 aliphatic rings. The Morgan fingerprint density at radius 1 is 1.40 bits per heavy atom. The Hall–Kier alpha value is -0.770. The molecule has 0 bridgehead atoms. The molecule has 0 radical (unpaired) electrons. The molecule has 2 unspecified atom stereocenters. The molecule has 0 saturated heterocycles. The molecule has 0 heterocycles. The molecule has 0 spiro atoms. The third-order valence-electron chi connectivity index (χ3n) is 3.68. The van der Waals surface area contributed by atoms with Crippen molar-refractivity contribution in [2.24, 2.45) is 5.41 Å². The average Bonchev–Trinajstić information content (AvgIpc) is 2.22. The average molecular weight is 284 g/mol. The molecule has 1 rings (SSSR count). The van der Waals surface area contributed by atoms with Crippen molar-refractivity contribution in [3.63, 3.8) is 0 Å². The van der Waals surface area contributed by atoms with E-state index in [1.807, 2.05) is 27.7 Å². The van der Waals surface area contributed by atoms with Gasteiger partial charge >= 0.3 is 6.09 Å². The van der Waals surface area contributed by atoms with Gasteiger partial charge in [0, 0.05) is 18.6 Å². The maximum Gasteiger partial charge on any atom is 0.407 e. The highest BCUT2D eigenvalue weighted by Crippen LogP contribution is 2.34. The lowest BCUT2D eigenvalue weighted by atomic mass is 9.75. The van der Waals surface area contributed by atoms with E-state index in [9.17, 15) is 4.79 Å². The predicted octanol–water partition coefficient (Wildman–Crippen LogP) is 3.46. The number of ether oxygens (including phenoxy) is 1. The monoisotopic (exact) mass is 284 g/mol. The van der Waals surface area contributed by atoms with Gasteiger partial charge < -0.3 is 15.4 Å². The summed E-state index contributed by atoms with van der Waals surface area (Å²) in [7, 11) is 0. The van der Waals surface area contributed by atoms with Crippen LogP contribution in [0.4, 0.5) is 4.79 Å². The smallest absolute Gasteiger partial charge is 0.407 e. The first kappa shape index (κ1) is 17.3. The Morgan fingerprint density at radius 2 is 2.05 bits per heavy atom. The van der Waals surface area contributed by atoms with Crippen molar-refractivity contribution >= 4 is 6.09 Å². The molecule has 0 aromatic heterocycles. The van der Waals surface area contributed by atoms with Crippen LogP contribution in [0, 0.1) is 5.41 Å². The van der Waals surface area contributed by atoms with Gasteiger partial charge in [-0.2, -0.15) is 0 Å². The van der Waals surface area contributed by atoms with E-state index in [4.69, 9.17) is 4.74 Å². The van der Waals surface area contributed by atoms with Crippen LogP contribution in [0.2, 0.25) is 0 Å². The van der Waals surface area contributed by atoms with Crippen LogP contribution in [0.1, 0.15) is 67.2 Å². The number of rotatable bonds is 4. The van der Waals surface area contributed by atoms with Crippen LogP contribution < -0.4 is 10.6 Å². The van der Waals surface area contributed by atoms with Crippen LogP contribution in [-0.2, 0) is 4.74 Å². The SMILES string of the molecule is CC(CNC1CCCC(C)(C)C1)NC(=O)OC(C)(C)C. The van der Waals surface area contributed by atoms with Crippen LogP contribution in [-0.4, -0.2) is 30.3 Å². The maximum atomic E-state index is 11.7. The van der Waals surface area contributed by atoms with Gasteiger partial charge in [-0.25, -0.2) is 4.79 Å². The van der Waals surface area contributed by atoms with Crippen molar-refractivity contribution < 1.29 is 9.53 Å². The lowest BCUT2D eigenvalue weighted by molar-refractivity contribution is 0.0506. The summed E-state index contributed by atoms with van der Waals surface area (Å²) in [6.07, 6.45) is 4.72. The standard InChI is InChI=1S/C16H32N2O2/c1-12(18-14(19)20-15(2,3)4)11-17-13-8-7-9-16(5,6)10-13/h12-13,17H,7-11H2,1-6H3,(H,18,19). The fourth-order valence-corrected chi connectivity index (χ4v) is 2.78. The highest BCUT2D eigenvalue weighted by molar-refractivity contribution is 5.68. The number of carbonyl (C=O) groups is 1. The molecule has 4 heteroatoms. The molecule has 4 nitrogen and oxygen atoms in total. The van der Waals surface area contributed by atoms with Gasteiger partial charge in [-0.15, -0.1) is 0 Å². The summed E-state index contributed by atoms with van der Waals surface area (Å²) < 4.78 is 5.26. The number of carbonyl (C=O) groups excluding carboxylic acids is 1. The van der Waals surface area contributed by atoms with E-state index < -0.39 is 5.60 Å². The van der Waals surface area contributed by atoms with E-state index in [1.165, 1.54) is 25.7 Å². The van der Waals surface area contributed by atoms with Gasteiger partial charge in [-0.1, -0.05) is 20.3 Å². The van der Waals surface area contributed by atoms with E-state index >= 15 is 0 Å². The minimum absolute atomic E-state index is 0.0786. The van der Waals surface area contributed by atoms with Crippen LogP contribution in [0.5, 0.6) is 0 Å². The van der Waals surface area contributed by atoms with Crippen LogP contribution >= 0.6 is 0 Å². The van der Waals surface area contributed by atoms with Gasteiger partial charge in [0.2, 0.25) is 0 Å². The van der Waals surface area contributed by atoms with E-state index in [-0.39, 0.29) is 12.1 Å². The summed E-state index contributed by atoms with van der Waals surface area (Å²) in [5.41, 5.74) is 0.00236. The summed E-state index contributed by atoms with van der Waals surface area (Å²) in [4.78, 5) is 11.7. The molecular formula is C16H32N2O2. The second kappa shape index (κ2) is 6.79. The van der Waals surface area contributed by atoms with E-state index in [0.29, 0.717) is 11.5 Å². The third kappa shape index (κ3) is 7.13. The number of hydrogen-bond donors (Lipinski definition) is 2. The van der Waals surface area contributed by atoms with Crippen molar-refractivity contribution in [3.8, 4) is 0 Å². The molecule has 2 atom stereocenters. The highest BCUT2D eigenvalue weighted by Gasteiger charge is 2.27. The number of hydrogen-bond acceptors (Lipinski definition) is 3. The minimum atomic E-state index is -0.440. The highest BCUT2D eigenvalue weighted by atomic mass is 16.6. The molecule has 0 aliphatic heterocycles. The molecule has 2 N–H and O–H groups in total. The van der Waals surface area contributed by atoms with Crippen LogP contribution in [0.15, 0.2) is 0 Å². The van der Waals surface area contributed by atoms with Crippen molar-refractivity contribution in [2.75, 3.05) is 6.54 Å². The molecule has 0 aromatic rings. The zero-order valence-corrected chi connectivity index (χ0v) is 14.0. The molecule has 20 heavy (non-hydrogen) atoms. The lowest BCUT2D eigenvalue weighted by Gasteiger charge is -2.36. The fraction of sp³-hybridized carbons (Fsp3) is 0.938.